The average Bonchev–Trinajstić information content (AvgIpc) is 1.83. The van der Waals surface area contributed by atoms with Gasteiger partial charge in [-0.3, -0.25) is 0 Å². The van der Waals surface area contributed by atoms with Crippen LogP contribution in [0.3, 0.4) is 0 Å². The lowest BCUT2D eigenvalue weighted by Gasteiger charge is -2.05. The van der Waals surface area contributed by atoms with Crippen molar-refractivity contribution in [2.75, 3.05) is 5.88 Å². The van der Waals surface area contributed by atoms with Gasteiger partial charge in [0.05, 0.1) is 14.0 Å². The molecule has 0 aromatic rings. The van der Waals surface area contributed by atoms with Crippen LogP contribution in [0.15, 0.2) is 0 Å². The van der Waals surface area contributed by atoms with E-state index in [9.17, 15) is 0 Å². The first-order valence-corrected chi connectivity index (χ1v) is 6.23. The van der Waals surface area contributed by atoms with Gasteiger partial charge in [0.2, 0.25) is 0 Å². The molecule has 0 aliphatic heterocycles. The molecule has 0 saturated carbocycles. The smallest absolute Gasteiger partial charge is 0.0908 e. The van der Waals surface area contributed by atoms with E-state index in [1.165, 1.54) is 0 Å². The van der Waals surface area contributed by atoms with Gasteiger partial charge in [-0.15, -0.1) is 34.8 Å². The quantitative estimate of drug-likeness (QED) is 0.488. The zero-order valence-electron chi connectivity index (χ0n) is 5.41. The van der Waals surface area contributed by atoms with E-state index in [4.69, 9.17) is 34.8 Å². The van der Waals surface area contributed by atoms with Crippen LogP contribution in [0.1, 0.15) is 6.92 Å². The first-order valence-electron chi connectivity index (χ1n) is 3.01. The normalized spacial score (nSPS) is 15.7. The van der Waals surface area contributed by atoms with Crippen molar-refractivity contribution >= 4 is 44.3 Å². The van der Waals surface area contributed by atoms with Gasteiger partial charge in [0.15, 0.2) is 0 Å². The minimum absolute atomic E-state index is 0.0873. The first-order chi connectivity index (χ1) is 4.16. The molecule has 0 spiro atoms. The molecule has 0 aromatic carbocycles. The van der Waals surface area contributed by atoms with Gasteiger partial charge >= 0.3 is 0 Å². The van der Waals surface area contributed by atoms with Crippen LogP contribution in [0.4, 0.5) is 0 Å². The fourth-order valence-corrected chi connectivity index (χ4v) is 2.68. The summed E-state index contributed by atoms with van der Waals surface area (Å²) in [6.07, 6.45) is 0. The number of hydrogen-bond acceptors (Lipinski definition) is 0. The SMILES string of the molecule is CC(CCl)C[SiH2]C(Cl)Cl. The van der Waals surface area contributed by atoms with Gasteiger partial charge in [0.25, 0.3) is 0 Å². The molecule has 56 valence electrons. The summed E-state index contributed by atoms with van der Waals surface area (Å²) in [7, 11) is -0.266. The van der Waals surface area contributed by atoms with Crippen molar-refractivity contribution in [2.24, 2.45) is 5.92 Å². The molecule has 4 heteroatoms. The van der Waals surface area contributed by atoms with Crippen molar-refractivity contribution in [3.63, 3.8) is 0 Å². The Hall–Kier alpha value is 1.09. The third kappa shape index (κ3) is 6.98. The van der Waals surface area contributed by atoms with Gasteiger partial charge in [-0.05, 0) is 5.92 Å². The Labute approximate surface area is 73.7 Å². The summed E-state index contributed by atoms with van der Waals surface area (Å²) in [6, 6.07) is 1.15. The number of halogens is 3. The zero-order valence-corrected chi connectivity index (χ0v) is 9.09. The number of rotatable bonds is 4. The Morgan fingerprint density at radius 1 is 1.44 bits per heavy atom. The van der Waals surface area contributed by atoms with Crippen molar-refractivity contribution in [1.82, 2.24) is 0 Å². The van der Waals surface area contributed by atoms with Gasteiger partial charge in [0.1, 0.15) is 0 Å². The molecule has 0 aromatic heterocycles. The van der Waals surface area contributed by atoms with E-state index in [-0.39, 0.29) is 14.0 Å². The fraction of sp³-hybridized carbons (Fsp3) is 1.00. The lowest BCUT2D eigenvalue weighted by atomic mass is 10.3. The summed E-state index contributed by atoms with van der Waals surface area (Å²) in [5, 5.41) is 0. The molecule has 0 nitrogen and oxygen atoms in total. The van der Waals surface area contributed by atoms with Crippen LogP contribution in [-0.2, 0) is 0 Å². The second-order valence-electron chi connectivity index (χ2n) is 2.23. The van der Waals surface area contributed by atoms with Crippen molar-refractivity contribution in [3.05, 3.63) is 0 Å². The molecular weight excluding hydrogens is 194 g/mol. The van der Waals surface area contributed by atoms with E-state index >= 15 is 0 Å². The largest absolute Gasteiger partial charge is 0.126 e. The minimum Gasteiger partial charge on any atom is -0.126 e. The van der Waals surface area contributed by atoms with E-state index in [1.807, 2.05) is 0 Å². The molecule has 0 bridgehead atoms. The predicted octanol–water partition coefficient (Wildman–Crippen LogP) is 2.21. The molecule has 0 N–H and O–H groups in total. The Bertz CT molecular complexity index is 67.2. The van der Waals surface area contributed by atoms with Crippen molar-refractivity contribution in [1.29, 1.82) is 0 Å². The Kier molecular flexibility index (Phi) is 6.55. The highest BCUT2D eigenvalue weighted by Crippen LogP contribution is 2.09. The lowest BCUT2D eigenvalue weighted by molar-refractivity contribution is 0.739. The Morgan fingerprint density at radius 3 is 2.33 bits per heavy atom. The maximum absolute atomic E-state index is 5.57. The average molecular weight is 206 g/mol. The van der Waals surface area contributed by atoms with Crippen LogP contribution in [0.25, 0.3) is 0 Å². The highest BCUT2D eigenvalue weighted by Gasteiger charge is 2.04. The molecule has 0 saturated heterocycles. The lowest BCUT2D eigenvalue weighted by Crippen LogP contribution is -2.07. The van der Waals surface area contributed by atoms with Crippen LogP contribution < -0.4 is 0 Å². The first kappa shape index (κ1) is 10.1. The summed E-state index contributed by atoms with van der Waals surface area (Å²) < 4.78 is -0.0873. The molecule has 1 unspecified atom stereocenters. The van der Waals surface area contributed by atoms with E-state index in [1.54, 1.807) is 0 Å². The highest BCUT2D eigenvalue weighted by atomic mass is 35.5. The third-order valence-electron chi connectivity index (χ3n) is 1.14. The Morgan fingerprint density at radius 2 is 2.00 bits per heavy atom. The maximum Gasteiger partial charge on any atom is 0.0908 e. The third-order valence-corrected chi connectivity index (χ3v) is 4.73. The van der Waals surface area contributed by atoms with Crippen molar-refractivity contribution < 1.29 is 0 Å². The van der Waals surface area contributed by atoms with E-state index in [0.29, 0.717) is 5.92 Å². The van der Waals surface area contributed by atoms with Gasteiger partial charge in [-0.25, -0.2) is 0 Å². The molecule has 9 heavy (non-hydrogen) atoms. The van der Waals surface area contributed by atoms with Crippen LogP contribution in [0, 0.1) is 5.92 Å². The summed E-state index contributed by atoms with van der Waals surface area (Å²) in [6.45, 7) is 2.12. The molecule has 0 rings (SSSR count). The molecule has 0 heterocycles. The fourth-order valence-electron chi connectivity index (χ4n) is 0.488. The molecule has 0 aliphatic carbocycles. The highest BCUT2D eigenvalue weighted by molar-refractivity contribution is 6.68. The molecule has 1 atom stereocenters. The standard InChI is InChI=1S/C5H11Cl3Si/c1-4(2-6)3-9-5(7)8/h4-5H,2-3,9H2,1H3. The maximum atomic E-state index is 5.57. The van der Waals surface area contributed by atoms with Gasteiger partial charge in [-0.1, -0.05) is 13.0 Å². The van der Waals surface area contributed by atoms with Crippen molar-refractivity contribution in [3.8, 4) is 0 Å². The molecular formula is C5H11Cl3Si. The summed E-state index contributed by atoms with van der Waals surface area (Å²) in [5.74, 6) is 1.33. The Balaban J connectivity index is 3.06. The second kappa shape index (κ2) is 5.84. The number of hydrogen-bond donors (Lipinski definition) is 0. The van der Waals surface area contributed by atoms with E-state index in [2.05, 4.69) is 6.92 Å². The summed E-state index contributed by atoms with van der Waals surface area (Å²) >= 11 is 16.7. The summed E-state index contributed by atoms with van der Waals surface area (Å²) in [4.78, 5) is 0. The van der Waals surface area contributed by atoms with Gasteiger partial charge < -0.3 is 0 Å². The molecule has 0 aliphatic rings. The second-order valence-corrected chi connectivity index (χ2v) is 6.82. The van der Waals surface area contributed by atoms with Gasteiger partial charge in [-0.2, -0.15) is 0 Å². The number of alkyl halides is 3. The van der Waals surface area contributed by atoms with E-state index < -0.39 is 0 Å². The summed E-state index contributed by atoms with van der Waals surface area (Å²) in [5.41, 5.74) is 0. The topological polar surface area (TPSA) is 0 Å². The van der Waals surface area contributed by atoms with Crippen molar-refractivity contribution in [2.45, 2.75) is 17.4 Å². The van der Waals surface area contributed by atoms with E-state index in [0.717, 1.165) is 11.9 Å². The van der Waals surface area contributed by atoms with Crippen LogP contribution >= 0.6 is 34.8 Å². The van der Waals surface area contributed by atoms with Crippen LogP contribution in [0.5, 0.6) is 0 Å². The monoisotopic (exact) mass is 204 g/mol. The van der Waals surface area contributed by atoms with Gasteiger partial charge in [0, 0.05) is 5.88 Å². The van der Waals surface area contributed by atoms with Crippen LogP contribution in [-0.4, -0.2) is 19.9 Å². The predicted molar refractivity (Wildman–Crippen MR) is 48.7 cm³/mol. The molecule has 0 amide bonds. The molecule has 0 radical (unpaired) electrons. The molecule has 0 fully saturated rings. The minimum atomic E-state index is -0.266. The van der Waals surface area contributed by atoms with Crippen LogP contribution in [0.2, 0.25) is 6.04 Å². The zero-order chi connectivity index (χ0) is 7.28.